The summed E-state index contributed by atoms with van der Waals surface area (Å²) in [6.45, 7) is 2.88. The molecule has 168 valence electrons. The molecular formula is C24H31NO6. The molecule has 7 nitrogen and oxygen atoms in total. The molecule has 1 aliphatic heterocycles. The maximum Gasteiger partial charge on any atom is 0.344 e. The number of nitrogens with zero attached hydrogens (tertiary/aromatic N) is 1. The van der Waals surface area contributed by atoms with Crippen LogP contribution in [-0.4, -0.2) is 59.0 Å². The summed E-state index contributed by atoms with van der Waals surface area (Å²) in [5.74, 6) is 2.21. The van der Waals surface area contributed by atoms with Gasteiger partial charge in [0, 0.05) is 12.6 Å². The van der Waals surface area contributed by atoms with Crippen molar-refractivity contribution >= 4 is 5.97 Å². The van der Waals surface area contributed by atoms with Crippen LogP contribution in [-0.2, 0) is 22.4 Å². The van der Waals surface area contributed by atoms with E-state index in [1.54, 1.807) is 28.3 Å². The molecule has 0 radical (unpaired) electrons. The lowest BCUT2D eigenvalue weighted by Crippen LogP contribution is -2.33. The standard InChI is InChI=1S/C24H31NO6/c1-6-30-24(26)15-31-23-13-17-9-10-25(2)19(18(17)14-22(23)29-5)11-16-7-8-20(27-3)21(12-16)28-4/h7-8,12-14,19H,6,9-11,15H2,1-5H3/t19-/m1/s1. The molecule has 0 aromatic heterocycles. The molecule has 31 heavy (non-hydrogen) atoms. The topological polar surface area (TPSA) is 66.5 Å². The Morgan fingerprint density at radius 1 is 1.00 bits per heavy atom. The van der Waals surface area contributed by atoms with Crippen molar-refractivity contribution < 1.29 is 28.5 Å². The summed E-state index contributed by atoms with van der Waals surface area (Å²) in [5, 5.41) is 0. The molecule has 0 fully saturated rings. The third-order valence-electron chi connectivity index (χ3n) is 5.58. The van der Waals surface area contributed by atoms with Gasteiger partial charge < -0.3 is 23.7 Å². The van der Waals surface area contributed by atoms with Gasteiger partial charge in [-0.2, -0.15) is 0 Å². The zero-order valence-corrected chi connectivity index (χ0v) is 18.9. The maximum absolute atomic E-state index is 11.7. The Hall–Kier alpha value is -2.93. The number of carbonyl (C=O) groups is 1. The van der Waals surface area contributed by atoms with E-state index >= 15 is 0 Å². The average Bonchev–Trinajstić information content (AvgIpc) is 2.79. The van der Waals surface area contributed by atoms with Crippen molar-refractivity contribution in [3.8, 4) is 23.0 Å². The van der Waals surface area contributed by atoms with Gasteiger partial charge in [-0.15, -0.1) is 0 Å². The van der Waals surface area contributed by atoms with Crippen LogP contribution in [0.1, 0.15) is 29.7 Å². The smallest absolute Gasteiger partial charge is 0.344 e. The summed E-state index contributed by atoms with van der Waals surface area (Å²) in [7, 11) is 7.02. The van der Waals surface area contributed by atoms with E-state index in [1.165, 1.54) is 11.1 Å². The van der Waals surface area contributed by atoms with E-state index in [9.17, 15) is 4.79 Å². The van der Waals surface area contributed by atoms with Crippen LogP contribution in [0.5, 0.6) is 23.0 Å². The number of fused-ring (bicyclic) bond motifs is 1. The summed E-state index contributed by atoms with van der Waals surface area (Å²) in [6.07, 6.45) is 1.71. The quantitative estimate of drug-likeness (QED) is 0.566. The highest BCUT2D eigenvalue weighted by atomic mass is 16.6. The fraction of sp³-hybridized carbons (Fsp3) is 0.458. The summed E-state index contributed by atoms with van der Waals surface area (Å²) in [6, 6.07) is 10.2. The maximum atomic E-state index is 11.7. The highest BCUT2D eigenvalue weighted by Gasteiger charge is 2.27. The number of likely N-dealkylation sites (N-methyl/N-ethyl adjacent to an activating group) is 1. The van der Waals surface area contributed by atoms with Gasteiger partial charge in [-0.1, -0.05) is 6.07 Å². The molecule has 0 bridgehead atoms. The molecule has 1 heterocycles. The fourth-order valence-electron chi connectivity index (χ4n) is 3.94. The molecular weight excluding hydrogens is 398 g/mol. The Morgan fingerprint density at radius 3 is 2.39 bits per heavy atom. The van der Waals surface area contributed by atoms with E-state index in [4.69, 9.17) is 23.7 Å². The van der Waals surface area contributed by atoms with Crippen molar-refractivity contribution in [2.75, 3.05) is 48.1 Å². The second kappa shape index (κ2) is 10.4. The van der Waals surface area contributed by atoms with Crippen LogP contribution in [0.2, 0.25) is 0 Å². The van der Waals surface area contributed by atoms with E-state index in [2.05, 4.69) is 18.0 Å². The molecule has 1 atom stereocenters. The first-order valence-corrected chi connectivity index (χ1v) is 10.4. The number of esters is 1. The minimum atomic E-state index is -0.395. The molecule has 3 rings (SSSR count). The Morgan fingerprint density at radius 2 is 1.71 bits per heavy atom. The predicted octanol–water partition coefficient (Wildman–Crippen LogP) is 3.43. The van der Waals surface area contributed by atoms with Gasteiger partial charge in [0.25, 0.3) is 0 Å². The van der Waals surface area contributed by atoms with Crippen LogP contribution in [0.15, 0.2) is 30.3 Å². The monoisotopic (exact) mass is 429 g/mol. The second-order valence-corrected chi connectivity index (χ2v) is 7.44. The number of hydrogen-bond acceptors (Lipinski definition) is 7. The Balaban J connectivity index is 1.87. The summed E-state index contributed by atoms with van der Waals surface area (Å²) < 4.78 is 27.0. The van der Waals surface area contributed by atoms with Gasteiger partial charge in [-0.25, -0.2) is 4.79 Å². The van der Waals surface area contributed by atoms with Crippen molar-refractivity contribution in [1.82, 2.24) is 4.90 Å². The number of rotatable bonds is 9. The van der Waals surface area contributed by atoms with E-state index in [1.807, 2.05) is 24.3 Å². The van der Waals surface area contributed by atoms with Crippen molar-refractivity contribution in [2.45, 2.75) is 25.8 Å². The van der Waals surface area contributed by atoms with Crippen molar-refractivity contribution in [1.29, 1.82) is 0 Å². The fourth-order valence-corrected chi connectivity index (χ4v) is 3.94. The van der Waals surface area contributed by atoms with Gasteiger partial charge >= 0.3 is 5.97 Å². The molecule has 0 N–H and O–H groups in total. The molecule has 0 unspecified atom stereocenters. The van der Waals surface area contributed by atoms with E-state index in [0.29, 0.717) is 23.9 Å². The minimum absolute atomic E-state index is 0.141. The van der Waals surface area contributed by atoms with Crippen LogP contribution in [0.4, 0.5) is 0 Å². The average molecular weight is 430 g/mol. The molecule has 0 spiro atoms. The lowest BCUT2D eigenvalue weighted by Gasteiger charge is -2.35. The van der Waals surface area contributed by atoms with Crippen molar-refractivity contribution in [2.24, 2.45) is 0 Å². The minimum Gasteiger partial charge on any atom is -0.493 e. The van der Waals surface area contributed by atoms with Gasteiger partial charge in [0.05, 0.1) is 27.9 Å². The first kappa shape index (κ1) is 22.7. The highest BCUT2D eigenvalue weighted by molar-refractivity contribution is 5.71. The summed E-state index contributed by atoms with van der Waals surface area (Å²) >= 11 is 0. The number of carbonyl (C=O) groups excluding carboxylic acids is 1. The first-order chi connectivity index (χ1) is 15.0. The Kier molecular flexibility index (Phi) is 7.63. The molecule has 0 aliphatic carbocycles. The largest absolute Gasteiger partial charge is 0.493 e. The van der Waals surface area contributed by atoms with E-state index in [0.717, 1.165) is 30.7 Å². The van der Waals surface area contributed by atoms with Gasteiger partial charge in [-0.3, -0.25) is 4.90 Å². The second-order valence-electron chi connectivity index (χ2n) is 7.44. The van der Waals surface area contributed by atoms with Crippen LogP contribution < -0.4 is 18.9 Å². The van der Waals surface area contributed by atoms with Gasteiger partial charge in [0.15, 0.2) is 29.6 Å². The van der Waals surface area contributed by atoms with Crippen LogP contribution >= 0.6 is 0 Å². The Bertz CT molecular complexity index is 913. The molecule has 1 aliphatic rings. The van der Waals surface area contributed by atoms with Crippen molar-refractivity contribution in [3.05, 3.63) is 47.0 Å². The summed E-state index contributed by atoms with van der Waals surface area (Å²) in [5.41, 5.74) is 3.55. The zero-order valence-electron chi connectivity index (χ0n) is 18.9. The molecule has 2 aromatic rings. The molecule has 0 saturated carbocycles. The Labute approximate surface area is 183 Å². The normalized spacial score (nSPS) is 15.7. The molecule has 2 aromatic carbocycles. The lowest BCUT2D eigenvalue weighted by molar-refractivity contribution is -0.145. The number of benzene rings is 2. The van der Waals surface area contributed by atoms with Crippen LogP contribution in [0.25, 0.3) is 0 Å². The van der Waals surface area contributed by atoms with Gasteiger partial charge in [-0.05, 0) is 67.8 Å². The van der Waals surface area contributed by atoms with E-state index < -0.39 is 5.97 Å². The summed E-state index contributed by atoms with van der Waals surface area (Å²) in [4.78, 5) is 14.0. The lowest BCUT2D eigenvalue weighted by atomic mass is 9.88. The third kappa shape index (κ3) is 5.22. The van der Waals surface area contributed by atoms with Crippen LogP contribution in [0.3, 0.4) is 0 Å². The van der Waals surface area contributed by atoms with E-state index in [-0.39, 0.29) is 12.6 Å². The SMILES string of the molecule is CCOC(=O)COc1cc2c(cc1OC)[C@@H](Cc1ccc(OC)c(OC)c1)N(C)CC2. The number of ether oxygens (including phenoxy) is 5. The first-order valence-electron chi connectivity index (χ1n) is 10.4. The molecule has 0 saturated heterocycles. The van der Waals surface area contributed by atoms with Crippen molar-refractivity contribution in [3.63, 3.8) is 0 Å². The number of methoxy groups -OCH3 is 3. The molecule has 7 heteroatoms. The van der Waals surface area contributed by atoms with Crippen LogP contribution in [0, 0.1) is 0 Å². The van der Waals surface area contributed by atoms with Gasteiger partial charge in [0.2, 0.25) is 0 Å². The highest BCUT2D eigenvalue weighted by Crippen LogP contribution is 2.39. The van der Waals surface area contributed by atoms with Gasteiger partial charge in [0.1, 0.15) is 0 Å². The number of hydrogen-bond donors (Lipinski definition) is 0. The molecule has 0 amide bonds. The predicted molar refractivity (Wildman–Crippen MR) is 117 cm³/mol. The zero-order chi connectivity index (χ0) is 22.4. The third-order valence-corrected chi connectivity index (χ3v) is 5.58.